The van der Waals surface area contributed by atoms with Crippen LogP contribution in [0, 0.1) is 27.7 Å². The molecule has 1 aromatic carbocycles. The first kappa shape index (κ1) is 22.7. The quantitative estimate of drug-likeness (QED) is 0.435. The highest BCUT2D eigenvalue weighted by atomic mass is 16.5. The number of aliphatic imine (C=N–C) groups is 2. The van der Waals surface area contributed by atoms with Crippen molar-refractivity contribution >= 4 is 35.7 Å². The molecule has 32 heavy (non-hydrogen) atoms. The van der Waals surface area contributed by atoms with E-state index in [0.29, 0.717) is 11.1 Å². The van der Waals surface area contributed by atoms with Crippen molar-refractivity contribution in [1.29, 1.82) is 0 Å². The van der Waals surface area contributed by atoms with Gasteiger partial charge in [0, 0.05) is 11.4 Å². The molecule has 0 bridgehead atoms. The van der Waals surface area contributed by atoms with Crippen LogP contribution in [0.25, 0.3) is 0 Å². The molecular formula is C24H26N4O4. The number of H-pyrrole nitrogens is 2. The van der Waals surface area contributed by atoms with Crippen LogP contribution in [0.4, 0.5) is 11.4 Å². The molecule has 0 saturated carbocycles. The Morgan fingerprint density at radius 3 is 1.38 bits per heavy atom. The van der Waals surface area contributed by atoms with Gasteiger partial charge in [0.2, 0.25) is 0 Å². The minimum Gasteiger partial charge on any atom is -0.465 e. The van der Waals surface area contributed by atoms with E-state index in [-0.39, 0.29) is 11.9 Å². The van der Waals surface area contributed by atoms with E-state index in [2.05, 4.69) is 20.0 Å². The Hall–Kier alpha value is -3.94. The molecule has 8 heteroatoms. The normalized spacial score (nSPS) is 11.4. The second-order valence-corrected chi connectivity index (χ2v) is 7.34. The van der Waals surface area contributed by atoms with Crippen LogP contribution in [0.1, 0.15) is 54.6 Å². The van der Waals surface area contributed by atoms with Crippen LogP contribution in [0.15, 0.2) is 34.3 Å². The summed E-state index contributed by atoms with van der Waals surface area (Å²) < 4.78 is 9.67. The summed E-state index contributed by atoms with van der Waals surface area (Å²) in [7, 11) is 2.73. The van der Waals surface area contributed by atoms with E-state index in [1.54, 1.807) is 12.4 Å². The Labute approximate surface area is 186 Å². The van der Waals surface area contributed by atoms with Gasteiger partial charge in [-0.15, -0.1) is 0 Å². The van der Waals surface area contributed by atoms with Gasteiger partial charge in [-0.3, -0.25) is 9.98 Å². The van der Waals surface area contributed by atoms with Crippen LogP contribution < -0.4 is 0 Å². The number of ether oxygens (including phenoxy) is 2. The summed E-state index contributed by atoms with van der Waals surface area (Å²) in [5, 5.41) is 0. The van der Waals surface area contributed by atoms with Crippen molar-refractivity contribution in [3.8, 4) is 0 Å². The number of aromatic nitrogens is 2. The molecule has 0 atom stereocenters. The Bertz CT molecular complexity index is 1120. The summed E-state index contributed by atoms with van der Waals surface area (Å²) in [6, 6.07) is 7.40. The predicted molar refractivity (Wildman–Crippen MR) is 124 cm³/mol. The lowest BCUT2D eigenvalue weighted by atomic mass is 10.1. The fourth-order valence-electron chi connectivity index (χ4n) is 3.53. The summed E-state index contributed by atoms with van der Waals surface area (Å²) in [6.45, 7) is 7.35. The summed E-state index contributed by atoms with van der Waals surface area (Å²) >= 11 is 0. The van der Waals surface area contributed by atoms with E-state index < -0.39 is 0 Å². The lowest BCUT2D eigenvalue weighted by molar-refractivity contribution is 0.0590. The third-order valence-corrected chi connectivity index (χ3v) is 5.27. The molecule has 2 N–H and O–H groups in total. The molecule has 0 saturated heterocycles. The minimum absolute atomic E-state index is 0.371. The number of nitrogens with zero attached hydrogens (tertiary/aromatic N) is 2. The summed E-state index contributed by atoms with van der Waals surface area (Å²) in [6.07, 6.45) is 3.37. The van der Waals surface area contributed by atoms with Crippen LogP contribution in [0.3, 0.4) is 0 Å². The van der Waals surface area contributed by atoms with Crippen LogP contribution in [0.5, 0.6) is 0 Å². The number of hydrogen-bond acceptors (Lipinski definition) is 6. The maximum Gasteiger partial charge on any atom is 0.339 e. The minimum atomic E-state index is -0.371. The van der Waals surface area contributed by atoms with Crippen molar-refractivity contribution in [2.24, 2.45) is 9.98 Å². The zero-order chi connectivity index (χ0) is 23.4. The first-order valence-corrected chi connectivity index (χ1v) is 10.00. The Balaban J connectivity index is 1.75. The Morgan fingerprint density at radius 1 is 0.719 bits per heavy atom. The topological polar surface area (TPSA) is 109 Å². The van der Waals surface area contributed by atoms with E-state index in [1.807, 2.05) is 52.0 Å². The fourth-order valence-corrected chi connectivity index (χ4v) is 3.53. The van der Waals surface area contributed by atoms with Gasteiger partial charge in [-0.05, 0) is 63.1 Å². The highest BCUT2D eigenvalue weighted by molar-refractivity contribution is 5.97. The summed E-state index contributed by atoms with van der Waals surface area (Å²) in [5.41, 5.74) is 7.13. The number of methoxy groups -OCH3 is 2. The number of rotatable bonds is 6. The molecule has 0 radical (unpaired) electrons. The maximum atomic E-state index is 11.9. The zero-order valence-corrected chi connectivity index (χ0v) is 19.0. The molecular weight excluding hydrogens is 408 g/mol. The number of aromatic amines is 2. The number of nitrogens with one attached hydrogen (secondary N) is 2. The molecule has 0 unspecified atom stereocenters. The average Bonchev–Trinajstić information content (AvgIpc) is 3.24. The first-order chi connectivity index (χ1) is 15.3. The third kappa shape index (κ3) is 4.54. The molecule has 166 valence electrons. The molecule has 2 aromatic heterocycles. The monoisotopic (exact) mass is 434 g/mol. The number of benzene rings is 1. The summed E-state index contributed by atoms with van der Waals surface area (Å²) in [5.74, 6) is -0.742. The van der Waals surface area contributed by atoms with Crippen molar-refractivity contribution in [2.45, 2.75) is 27.7 Å². The van der Waals surface area contributed by atoms with Crippen LogP contribution in [0.2, 0.25) is 0 Å². The molecule has 8 nitrogen and oxygen atoms in total. The van der Waals surface area contributed by atoms with Gasteiger partial charge < -0.3 is 19.4 Å². The van der Waals surface area contributed by atoms with Gasteiger partial charge in [0.15, 0.2) is 0 Å². The number of carbonyl (C=O) groups excluding carboxylic acids is 2. The number of carbonyl (C=O) groups is 2. The molecule has 0 fully saturated rings. The smallest absolute Gasteiger partial charge is 0.339 e. The van der Waals surface area contributed by atoms with E-state index in [9.17, 15) is 9.59 Å². The highest BCUT2D eigenvalue weighted by Gasteiger charge is 2.18. The van der Waals surface area contributed by atoms with Gasteiger partial charge in [-0.25, -0.2) is 9.59 Å². The molecule has 0 spiro atoms. The molecule has 0 amide bonds. The van der Waals surface area contributed by atoms with Gasteiger partial charge in [-0.1, -0.05) is 0 Å². The zero-order valence-electron chi connectivity index (χ0n) is 19.0. The predicted octanol–water partition coefficient (Wildman–Crippen LogP) is 4.65. The molecule has 2 heterocycles. The van der Waals surface area contributed by atoms with Crippen molar-refractivity contribution in [3.05, 3.63) is 69.3 Å². The average molecular weight is 434 g/mol. The maximum absolute atomic E-state index is 11.9. The van der Waals surface area contributed by atoms with Gasteiger partial charge in [0.05, 0.1) is 60.5 Å². The van der Waals surface area contributed by atoms with Gasteiger partial charge in [-0.2, -0.15) is 0 Å². The SMILES string of the molecule is COC(=O)c1c(C)[nH]c(C=Nc2ccc(N=Cc3[nH]c(C)c(C(=O)OC)c3C)cc2)c1C. The molecule has 0 aliphatic heterocycles. The van der Waals surface area contributed by atoms with Gasteiger partial charge >= 0.3 is 11.9 Å². The highest BCUT2D eigenvalue weighted by Crippen LogP contribution is 2.22. The molecule has 3 aromatic rings. The fraction of sp³-hybridized carbons (Fsp3) is 0.250. The lowest BCUT2D eigenvalue weighted by Crippen LogP contribution is -2.03. The van der Waals surface area contributed by atoms with E-state index >= 15 is 0 Å². The second-order valence-electron chi connectivity index (χ2n) is 7.34. The van der Waals surface area contributed by atoms with Crippen LogP contribution in [-0.4, -0.2) is 48.6 Å². The van der Waals surface area contributed by atoms with Crippen molar-refractivity contribution < 1.29 is 19.1 Å². The van der Waals surface area contributed by atoms with Crippen molar-refractivity contribution in [2.75, 3.05) is 14.2 Å². The van der Waals surface area contributed by atoms with Crippen LogP contribution in [-0.2, 0) is 9.47 Å². The van der Waals surface area contributed by atoms with E-state index in [1.165, 1.54) is 14.2 Å². The van der Waals surface area contributed by atoms with E-state index in [4.69, 9.17) is 9.47 Å². The van der Waals surface area contributed by atoms with Crippen molar-refractivity contribution in [1.82, 2.24) is 9.97 Å². The first-order valence-electron chi connectivity index (χ1n) is 10.00. The van der Waals surface area contributed by atoms with Gasteiger partial charge in [0.1, 0.15) is 0 Å². The Kier molecular flexibility index (Phi) is 6.73. The number of hydrogen-bond donors (Lipinski definition) is 2. The number of esters is 2. The molecule has 0 aliphatic rings. The molecule has 0 aliphatic carbocycles. The largest absolute Gasteiger partial charge is 0.465 e. The van der Waals surface area contributed by atoms with Crippen molar-refractivity contribution in [3.63, 3.8) is 0 Å². The summed E-state index contributed by atoms with van der Waals surface area (Å²) in [4.78, 5) is 39.1. The lowest BCUT2D eigenvalue weighted by Gasteiger charge is -1.99. The van der Waals surface area contributed by atoms with Crippen LogP contribution >= 0.6 is 0 Å². The standard InChI is InChI=1S/C24H26N4O4/c1-13-19(27-15(3)21(13)23(29)31-5)11-25-17-7-9-18(10-8-17)26-12-20-14(2)22(16(4)28-20)24(30)32-6/h7-12,27-28H,1-6H3. The third-order valence-electron chi connectivity index (χ3n) is 5.27. The van der Waals surface area contributed by atoms with Gasteiger partial charge in [0.25, 0.3) is 0 Å². The van der Waals surface area contributed by atoms with E-state index in [0.717, 1.165) is 45.3 Å². The second kappa shape index (κ2) is 9.47. The Morgan fingerprint density at radius 2 is 1.06 bits per heavy atom. The number of aryl methyl sites for hydroxylation is 2. The molecule has 3 rings (SSSR count).